The van der Waals surface area contributed by atoms with Gasteiger partial charge in [-0.3, -0.25) is 9.59 Å². The number of ether oxygens (including phenoxy) is 3. The van der Waals surface area contributed by atoms with Gasteiger partial charge in [-0.25, -0.2) is 9.59 Å². The highest BCUT2D eigenvalue weighted by molar-refractivity contribution is 5.87. The predicted molar refractivity (Wildman–Crippen MR) is 93.9 cm³/mol. The van der Waals surface area contributed by atoms with Gasteiger partial charge in [0, 0.05) is 31.7 Å². The first-order valence-corrected chi connectivity index (χ1v) is 8.87. The van der Waals surface area contributed by atoms with Crippen molar-refractivity contribution < 1.29 is 48.7 Å². The average molecular weight is 413 g/mol. The SMILES string of the molecule is CC(=O)OC1[C@H](N2C=CCC(C(=O)O)=C2)O[C@H](COC(=O)[C@@H](O)CC(=O)O)[C@H]1C. The minimum Gasteiger partial charge on any atom is -0.481 e. The second kappa shape index (κ2) is 9.52. The van der Waals surface area contributed by atoms with Crippen molar-refractivity contribution in [3.63, 3.8) is 0 Å². The van der Waals surface area contributed by atoms with Crippen LogP contribution in [0.5, 0.6) is 0 Å². The molecule has 3 N–H and O–H groups in total. The molecule has 2 aliphatic heterocycles. The van der Waals surface area contributed by atoms with Gasteiger partial charge in [0.2, 0.25) is 0 Å². The summed E-state index contributed by atoms with van der Waals surface area (Å²) in [5, 5.41) is 27.3. The van der Waals surface area contributed by atoms with Crippen molar-refractivity contribution in [1.82, 2.24) is 4.90 Å². The summed E-state index contributed by atoms with van der Waals surface area (Å²) in [6.45, 7) is 2.62. The van der Waals surface area contributed by atoms with Crippen LogP contribution in [0, 0.1) is 5.92 Å². The van der Waals surface area contributed by atoms with Crippen molar-refractivity contribution in [2.24, 2.45) is 5.92 Å². The van der Waals surface area contributed by atoms with E-state index in [-0.39, 0.29) is 18.6 Å². The highest BCUT2D eigenvalue weighted by atomic mass is 16.6. The molecule has 2 heterocycles. The lowest BCUT2D eigenvalue weighted by Crippen LogP contribution is -2.40. The minimum absolute atomic E-state index is 0.122. The zero-order valence-corrected chi connectivity index (χ0v) is 15.9. The molecule has 0 radical (unpaired) electrons. The number of aliphatic hydroxyl groups excluding tert-OH is 1. The van der Waals surface area contributed by atoms with E-state index in [0.29, 0.717) is 0 Å². The number of esters is 2. The van der Waals surface area contributed by atoms with E-state index in [2.05, 4.69) is 0 Å². The summed E-state index contributed by atoms with van der Waals surface area (Å²) in [4.78, 5) is 46.5. The predicted octanol–water partition coefficient (Wildman–Crippen LogP) is -0.154. The molecule has 1 fully saturated rings. The van der Waals surface area contributed by atoms with Crippen molar-refractivity contribution in [3.8, 4) is 0 Å². The number of carboxylic acid groups (broad SMARTS) is 2. The van der Waals surface area contributed by atoms with Gasteiger partial charge < -0.3 is 34.4 Å². The van der Waals surface area contributed by atoms with Gasteiger partial charge in [-0.1, -0.05) is 13.0 Å². The maximum absolute atomic E-state index is 11.7. The van der Waals surface area contributed by atoms with Crippen molar-refractivity contribution in [1.29, 1.82) is 0 Å². The number of nitrogens with zero attached hydrogens (tertiary/aromatic N) is 1. The van der Waals surface area contributed by atoms with Crippen LogP contribution < -0.4 is 0 Å². The fraction of sp³-hybridized carbons (Fsp3) is 0.556. The normalized spacial score (nSPS) is 27.1. The van der Waals surface area contributed by atoms with Crippen LogP contribution in [-0.2, 0) is 33.4 Å². The topological polar surface area (TPSA) is 160 Å². The number of rotatable bonds is 8. The van der Waals surface area contributed by atoms with E-state index in [1.165, 1.54) is 18.0 Å². The van der Waals surface area contributed by atoms with Crippen LogP contribution in [0.2, 0.25) is 0 Å². The number of hydrogen-bond acceptors (Lipinski definition) is 9. The van der Waals surface area contributed by atoms with Crippen molar-refractivity contribution in [3.05, 3.63) is 24.0 Å². The lowest BCUT2D eigenvalue weighted by molar-refractivity contribution is -0.163. The Kier molecular flexibility index (Phi) is 7.35. The Balaban J connectivity index is 2.10. The first-order chi connectivity index (χ1) is 13.6. The van der Waals surface area contributed by atoms with Gasteiger partial charge in [-0.15, -0.1) is 0 Å². The molecule has 0 aromatic rings. The summed E-state index contributed by atoms with van der Waals surface area (Å²) in [5.74, 6) is -4.56. The monoisotopic (exact) mass is 413 g/mol. The zero-order valence-electron chi connectivity index (χ0n) is 15.9. The summed E-state index contributed by atoms with van der Waals surface area (Å²) in [5.41, 5.74) is 0.122. The molecule has 0 aliphatic carbocycles. The zero-order chi connectivity index (χ0) is 21.7. The Labute approximate surface area is 166 Å². The van der Waals surface area contributed by atoms with Crippen molar-refractivity contribution >= 4 is 23.9 Å². The van der Waals surface area contributed by atoms with Crippen LogP contribution in [0.3, 0.4) is 0 Å². The first kappa shape index (κ1) is 22.4. The van der Waals surface area contributed by atoms with Crippen molar-refractivity contribution in [2.45, 2.75) is 51.2 Å². The standard InChI is InChI=1S/C18H23NO10/c1-9-13(8-27-18(26)12(21)6-14(22)23)29-16(15(9)28-10(2)20)19-5-3-4-11(7-19)17(24)25/h3,5,7,9,12-13,15-16,21H,4,6,8H2,1-2H3,(H,22,23)(H,24,25)/t9-,12+,13-,15?,16-/m1/s1. The van der Waals surface area contributed by atoms with Gasteiger partial charge in [0.1, 0.15) is 12.7 Å². The van der Waals surface area contributed by atoms with Gasteiger partial charge in [0.05, 0.1) is 12.0 Å². The summed E-state index contributed by atoms with van der Waals surface area (Å²) < 4.78 is 16.1. The maximum Gasteiger partial charge on any atom is 0.335 e. The molecule has 0 bridgehead atoms. The molecule has 11 nitrogen and oxygen atoms in total. The highest BCUT2D eigenvalue weighted by Crippen LogP contribution is 2.33. The van der Waals surface area contributed by atoms with Gasteiger partial charge in [-0.05, 0) is 0 Å². The second-order valence-corrected chi connectivity index (χ2v) is 6.74. The van der Waals surface area contributed by atoms with E-state index in [1.807, 2.05) is 0 Å². The number of carbonyl (C=O) groups is 4. The molecule has 0 spiro atoms. The number of carboxylic acids is 2. The lowest BCUT2D eigenvalue weighted by Gasteiger charge is -2.30. The Morgan fingerprint density at radius 2 is 2.00 bits per heavy atom. The summed E-state index contributed by atoms with van der Waals surface area (Å²) in [7, 11) is 0. The molecule has 1 saturated heterocycles. The molecule has 160 valence electrons. The van der Waals surface area contributed by atoms with Crippen LogP contribution in [0.4, 0.5) is 0 Å². The first-order valence-electron chi connectivity index (χ1n) is 8.87. The molecule has 5 atom stereocenters. The minimum atomic E-state index is -1.81. The fourth-order valence-corrected chi connectivity index (χ4v) is 3.03. The Bertz CT molecular complexity index is 730. The Morgan fingerprint density at radius 3 is 2.59 bits per heavy atom. The largest absolute Gasteiger partial charge is 0.481 e. The highest BCUT2D eigenvalue weighted by Gasteiger charge is 2.47. The molecular formula is C18H23NO10. The smallest absolute Gasteiger partial charge is 0.335 e. The second-order valence-electron chi connectivity index (χ2n) is 6.74. The fourth-order valence-electron chi connectivity index (χ4n) is 3.03. The quantitative estimate of drug-likeness (QED) is 0.454. The van der Waals surface area contributed by atoms with E-state index < -0.39 is 60.8 Å². The molecule has 0 aromatic carbocycles. The van der Waals surface area contributed by atoms with Crippen LogP contribution in [0.25, 0.3) is 0 Å². The van der Waals surface area contributed by atoms with E-state index in [0.717, 1.165) is 0 Å². The number of aliphatic hydroxyl groups is 1. The van der Waals surface area contributed by atoms with E-state index in [4.69, 9.17) is 19.3 Å². The molecular weight excluding hydrogens is 390 g/mol. The van der Waals surface area contributed by atoms with Gasteiger partial charge >= 0.3 is 23.9 Å². The van der Waals surface area contributed by atoms with E-state index >= 15 is 0 Å². The third-order valence-corrected chi connectivity index (χ3v) is 4.52. The number of carbonyl (C=O) groups excluding carboxylic acids is 2. The summed E-state index contributed by atoms with van der Waals surface area (Å²) >= 11 is 0. The van der Waals surface area contributed by atoms with Crippen LogP contribution in [0.15, 0.2) is 24.0 Å². The van der Waals surface area contributed by atoms with Gasteiger partial charge in [0.25, 0.3) is 0 Å². The average Bonchev–Trinajstić information content (AvgIpc) is 2.94. The number of aliphatic carboxylic acids is 2. The molecule has 0 amide bonds. The number of hydrogen-bond donors (Lipinski definition) is 3. The Hall–Kier alpha value is -2.92. The van der Waals surface area contributed by atoms with Crippen LogP contribution >= 0.6 is 0 Å². The van der Waals surface area contributed by atoms with E-state index in [1.54, 1.807) is 19.2 Å². The summed E-state index contributed by atoms with van der Waals surface area (Å²) in [6.07, 6.45) is -0.140. The van der Waals surface area contributed by atoms with Crippen LogP contribution in [-0.4, -0.2) is 75.2 Å². The molecule has 2 aliphatic rings. The molecule has 0 aromatic heterocycles. The third kappa shape index (κ3) is 5.78. The maximum atomic E-state index is 11.7. The van der Waals surface area contributed by atoms with Crippen molar-refractivity contribution in [2.75, 3.05) is 6.61 Å². The molecule has 0 saturated carbocycles. The summed E-state index contributed by atoms with van der Waals surface area (Å²) in [6, 6.07) is 0. The van der Waals surface area contributed by atoms with Crippen LogP contribution in [0.1, 0.15) is 26.7 Å². The Morgan fingerprint density at radius 1 is 1.31 bits per heavy atom. The molecule has 2 rings (SSSR count). The third-order valence-electron chi connectivity index (χ3n) is 4.52. The number of allylic oxidation sites excluding steroid dienone is 1. The lowest BCUT2D eigenvalue weighted by atomic mass is 10.00. The van der Waals surface area contributed by atoms with Gasteiger partial charge in [-0.2, -0.15) is 0 Å². The molecule has 11 heteroatoms. The molecule has 1 unspecified atom stereocenters. The van der Waals surface area contributed by atoms with E-state index in [9.17, 15) is 29.4 Å². The molecule has 29 heavy (non-hydrogen) atoms. The van der Waals surface area contributed by atoms with Gasteiger partial charge in [0.15, 0.2) is 18.4 Å².